The second kappa shape index (κ2) is 4.88. The number of nitrogens with two attached hydrogens (primary N) is 1. The summed E-state index contributed by atoms with van der Waals surface area (Å²) >= 11 is 0. The second-order valence-electron chi connectivity index (χ2n) is 5.04. The molecule has 0 amide bonds. The molecule has 1 heterocycles. The van der Waals surface area contributed by atoms with Gasteiger partial charge in [-0.3, -0.25) is 0 Å². The number of aliphatic hydroxyl groups excluding tert-OH is 1. The summed E-state index contributed by atoms with van der Waals surface area (Å²) in [7, 11) is 1.67. The van der Waals surface area contributed by atoms with Crippen molar-refractivity contribution in [3.8, 4) is 5.75 Å². The lowest BCUT2D eigenvalue weighted by molar-refractivity contribution is -0.116. The molecule has 1 aliphatic rings. The summed E-state index contributed by atoms with van der Waals surface area (Å²) in [6.45, 7) is 5.31. The average molecular weight is 251 g/mol. The largest absolute Gasteiger partial charge is 0.496 e. The van der Waals surface area contributed by atoms with Crippen LogP contribution in [0.25, 0.3) is 0 Å². The molecule has 0 spiro atoms. The van der Waals surface area contributed by atoms with E-state index in [-0.39, 0.29) is 12.0 Å². The van der Waals surface area contributed by atoms with Crippen LogP contribution in [-0.4, -0.2) is 38.1 Å². The fourth-order valence-electron chi connectivity index (χ4n) is 2.66. The van der Waals surface area contributed by atoms with E-state index in [1.807, 2.05) is 13.8 Å². The van der Waals surface area contributed by atoms with Crippen molar-refractivity contribution in [2.45, 2.75) is 25.4 Å². The van der Waals surface area contributed by atoms with Gasteiger partial charge in [-0.15, -0.1) is 0 Å². The van der Waals surface area contributed by atoms with Crippen LogP contribution in [0.5, 0.6) is 5.75 Å². The first-order valence-corrected chi connectivity index (χ1v) is 6.16. The molecule has 1 aliphatic heterocycles. The molecule has 100 valence electrons. The quantitative estimate of drug-likeness (QED) is 0.834. The molecular formula is C14H21NO3. The monoisotopic (exact) mass is 251 g/mol. The number of methoxy groups -OCH3 is 1. The zero-order valence-corrected chi connectivity index (χ0v) is 11.2. The van der Waals surface area contributed by atoms with Crippen LogP contribution < -0.4 is 10.5 Å². The summed E-state index contributed by atoms with van der Waals surface area (Å²) in [4.78, 5) is 0. The molecule has 1 atom stereocenters. The Morgan fingerprint density at radius 1 is 1.39 bits per heavy atom. The molecule has 0 radical (unpaired) electrons. The second-order valence-corrected chi connectivity index (χ2v) is 5.04. The Bertz CT molecular complexity index is 418. The first kappa shape index (κ1) is 13.3. The third kappa shape index (κ3) is 1.90. The van der Waals surface area contributed by atoms with Crippen molar-refractivity contribution >= 4 is 0 Å². The minimum atomic E-state index is -0.571. The van der Waals surface area contributed by atoms with Crippen LogP contribution in [0.3, 0.4) is 0 Å². The van der Waals surface area contributed by atoms with Gasteiger partial charge < -0.3 is 20.3 Å². The van der Waals surface area contributed by atoms with E-state index in [0.29, 0.717) is 13.2 Å². The van der Waals surface area contributed by atoms with E-state index in [9.17, 15) is 5.11 Å². The summed E-state index contributed by atoms with van der Waals surface area (Å²) in [5.41, 5.74) is 8.49. The maximum absolute atomic E-state index is 10.2. The van der Waals surface area contributed by atoms with Crippen molar-refractivity contribution in [3.63, 3.8) is 0 Å². The molecule has 0 aliphatic carbocycles. The Morgan fingerprint density at radius 2 is 1.94 bits per heavy atom. The molecule has 3 N–H and O–H groups in total. The van der Waals surface area contributed by atoms with Gasteiger partial charge in [0.05, 0.1) is 31.8 Å². The molecule has 0 bridgehead atoms. The number of hydrogen-bond donors (Lipinski definition) is 2. The molecule has 1 aromatic rings. The topological polar surface area (TPSA) is 64.7 Å². The molecule has 4 nitrogen and oxygen atoms in total. The summed E-state index contributed by atoms with van der Waals surface area (Å²) in [6, 6.07) is 4.13. The number of hydrogen-bond acceptors (Lipinski definition) is 4. The van der Waals surface area contributed by atoms with Crippen LogP contribution >= 0.6 is 0 Å². The highest BCUT2D eigenvalue weighted by molar-refractivity contribution is 5.46. The Kier molecular flexibility index (Phi) is 3.61. The Balaban J connectivity index is 2.44. The number of aliphatic hydroxyl groups is 1. The van der Waals surface area contributed by atoms with Gasteiger partial charge in [-0.25, -0.2) is 0 Å². The van der Waals surface area contributed by atoms with Gasteiger partial charge in [0.2, 0.25) is 0 Å². The highest BCUT2D eigenvalue weighted by Crippen LogP contribution is 2.38. The van der Waals surface area contributed by atoms with Gasteiger partial charge >= 0.3 is 0 Å². The van der Waals surface area contributed by atoms with Crippen molar-refractivity contribution in [2.75, 3.05) is 26.9 Å². The van der Waals surface area contributed by atoms with Crippen molar-refractivity contribution < 1.29 is 14.6 Å². The molecule has 0 aromatic heterocycles. The SMILES string of the molecule is COc1c(C)cc(C2(C(O)CN)COC2)cc1C. The fraction of sp³-hybridized carbons (Fsp3) is 0.571. The van der Waals surface area contributed by atoms with Gasteiger partial charge in [-0.05, 0) is 30.5 Å². The molecule has 18 heavy (non-hydrogen) atoms. The van der Waals surface area contributed by atoms with Gasteiger partial charge in [0.25, 0.3) is 0 Å². The van der Waals surface area contributed by atoms with Crippen LogP contribution in [-0.2, 0) is 10.2 Å². The molecule has 1 fully saturated rings. The van der Waals surface area contributed by atoms with Crippen molar-refractivity contribution in [1.29, 1.82) is 0 Å². The van der Waals surface area contributed by atoms with E-state index in [0.717, 1.165) is 22.4 Å². The molecule has 4 heteroatoms. The summed E-state index contributed by atoms with van der Waals surface area (Å²) < 4.78 is 10.7. The fourth-order valence-corrected chi connectivity index (χ4v) is 2.66. The number of rotatable bonds is 4. The minimum Gasteiger partial charge on any atom is -0.496 e. The van der Waals surface area contributed by atoms with E-state index < -0.39 is 6.10 Å². The highest BCUT2D eigenvalue weighted by Gasteiger charge is 2.46. The lowest BCUT2D eigenvalue weighted by Crippen LogP contribution is -2.57. The highest BCUT2D eigenvalue weighted by atomic mass is 16.5. The van der Waals surface area contributed by atoms with Gasteiger partial charge in [-0.2, -0.15) is 0 Å². The van der Waals surface area contributed by atoms with Gasteiger partial charge in [-0.1, -0.05) is 12.1 Å². The summed E-state index contributed by atoms with van der Waals surface area (Å²) in [5, 5.41) is 10.2. The molecule has 1 saturated heterocycles. The van der Waals surface area contributed by atoms with E-state index in [1.54, 1.807) is 7.11 Å². The zero-order valence-electron chi connectivity index (χ0n) is 11.2. The molecule has 0 saturated carbocycles. The lowest BCUT2D eigenvalue weighted by Gasteiger charge is -2.45. The number of benzene rings is 1. The normalized spacial score (nSPS) is 19.2. The Morgan fingerprint density at radius 3 is 2.28 bits per heavy atom. The Labute approximate surface area is 108 Å². The van der Waals surface area contributed by atoms with E-state index in [1.165, 1.54) is 0 Å². The number of ether oxygens (including phenoxy) is 2. The molecule has 1 unspecified atom stereocenters. The van der Waals surface area contributed by atoms with Gasteiger partial charge in [0, 0.05) is 6.54 Å². The van der Waals surface area contributed by atoms with Crippen molar-refractivity contribution in [2.24, 2.45) is 5.73 Å². The zero-order chi connectivity index (χ0) is 13.3. The first-order chi connectivity index (χ1) is 8.55. The van der Waals surface area contributed by atoms with E-state index in [2.05, 4.69) is 12.1 Å². The lowest BCUT2D eigenvalue weighted by atomic mass is 9.73. The van der Waals surface area contributed by atoms with E-state index >= 15 is 0 Å². The van der Waals surface area contributed by atoms with E-state index in [4.69, 9.17) is 15.2 Å². The number of aryl methyl sites for hydroxylation is 2. The van der Waals surface area contributed by atoms with Gasteiger partial charge in [0.15, 0.2) is 0 Å². The van der Waals surface area contributed by atoms with Crippen LogP contribution in [0.15, 0.2) is 12.1 Å². The summed E-state index contributed by atoms with van der Waals surface area (Å²) in [5.74, 6) is 0.899. The molecule has 2 rings (SSSR count). The van der Waals surface area contributed by atoms with Crippen LogP contribution in [0.1, 0.15) is 16.7 Å². The first-order valence-electron chi connectivity index (χ1n) is 6.16. The third-order valence-electron chi connectivity index (χ3n) is 3.82. The average Bonchev–Trinajstić information content (AvgIpc) is 2.27. The third-order valence-corrected chi connectivity index (χ3v) is 3.82. The van der Waals surface area contributed by atoms with Gasteiger partial charge in [0.1, 0.15) is 5.75 Å². The predicted octanol–water partition coefficient (Wildman–Crippen LogP) is 0.900. The maximum atomic E-state index is 10.2. The predicted molar refractivity (Wildman–Crippen MR) is 70.0 cm³/mol. The van der Waals surface area contributed by atoms with Crippen LogP contribution in [0, 0.1) is 13.8 Å². The van der Waals surface area contributed by atoms with Crippen molar-refractivity contribution in [3.05, 3.63) is 28.8 Å². The maximum Gasteiger partial charge on any atom is 0.124 e. The Hall–Kier alpha value is -1.10. The van der Waals surface area contributed by atoms with Crippen molar-refractivity contribution in [1.82, 2.24) is 0 Å². The molecular weight excluding hydrogens is 230 g/mol. The van der Waals surface area contributed by atoms with Crippen LogP contribution in [0.2, 0.25) is 0 Å². The minimum absolute atomic E-state index is 0.244. The smallest absolute Gasteiger partial charge is 0.124 e. The molecule has 1 aromatic carbocycles. The summed E-state index contributed by atoms with van der Waals surface area (Å²) in [6.07, 6.45) is -0.571. The standard InChI is InChI=1S/C14H21NO3/c1-9-4-11(5-10(2)13(9)17-3)14(7-18-8-14)12(16)6-15/h4-5,12,16H,6-8,15H2,1-3H3. The van der Waals surface area contributed by atoms with Crippen LogP contribution in [0.4, 0.5) is 0 Å².